The minimum absolute atomic E-state index is 0.325. The van der Waals surface area contributed by atoms with Gasteiger partial charge in [-0.25, -0.2) is 19.2 Å². The van der Waals surface area contributed by atoms with E-state index < -0.39 is 28.8 Å². The molecule has 0 spiro atoms. The maximum Gasteiger partial charge on any atom is 0.338 e. The van der Waals surface area contributed by atoms with E-state index in [1.807, 2.05) is 44.2 Å². The smallest absolute Gasteiger partial charge is 0.338 e. The van der Waals surface area contributed by atoms with Crippen LogP contribution in [0.25, 0.3) is 11.0 Å². The van der Waals surface area contributed by atoms with Gasteiger partial charge in [-0.05, 0) is 107 Å². The van der Waals surface area contributed by atoms with Gasteiger partial charge in [-0.1, -0.05) is 72.3 Å². The molecule has 2 N–H and O–H groups in total. The van der Waals surface area contributed by atoms with Crippen molar-refractivity contribution >= 4 is 40.5 Å². The Kier molecular flexibility index (Phi) is 14.7. The molecule has 12 heteroatoms. The molecule has 2 aliphatic rings. The summed E-state index contributed by atoms with van der Waals surface area (Å²) in [5.41, 5.74) is 2.62. The summed E-state index contributed by atoms with van der Waals surface area (Å²) in [5.74, 6) is -2.24. The number of halogens is 1. The number of benzene rings is 4. The van der Waals surface area contributed by atoms with Gasteiger partial charge < -0.3 is 33.7 Å². The Hall–Kier alpha value is -5.75. The van der Waals surface area contributed by atoms with Crippen LogP contribution in [-0.4, -0.2) is 71.0 Å². The van der Waals surface area contributed by atoms with E-state index >= 15 is 0 Å². The van der Waals surface area contributed by atoms with Crippen molar-refractivity contribution in [1.82, 2.24) is 4.90 Å². The van der Waals surface area contributed by atoms with E-state index in [0.29, 0.717) is 41.5 Å². The van der Waals surface area contributed by atoms with Crippen molar-refractivity contribution in [1.29, 1.82) is 0 Å². The molecular formula is C46H48ClNO10. The first kappa shape index (κ1) is 43.4. The zero-order valence-corrected chi connectivity index (χ0v) is 33.7. The maximum absolute atomic E-state index is 12.4. The van der Waals surface area contributed by atoms with Gasteiger partial charge in [0, 0.05) is 53.8 Å². The van der Waals surface area contributed by atoms with E-state index in [1.54, 1.807) is 36.4 Å². The van der Waals surface area contributed by atoms with Gasteiger partial charge in [0.15, 0.2) is 0 Å². The monoisotopic (exact) mass is 809 g/mol. The highest BCUT2D eigenvalue weighted by Crippen LogP contribution is 2.38. The largest absolute Gasteiger partial charge is 0.485 e. The first-order valence-corrected chi connectivity index (χ1v) is 19.3. The number of esters is 1. The first-order chi connectivity index (χ1) is 27.6. The van der Waals surface area contributed by atoms with Crippen LogP contribution in [0.1, 0.15) is 67.1 Å². The third-order valence-electron chi connectivity index (χ3n) is 10.2. The number of hydrogen-bond donors (Lipinski definition) is 2. The number of ether oxygens (including phenoxy) is 3. The van der Waals surface area contributed by atoms with Gasteiger partial charge in [0.2, 0.25) is 0 Å². The highest BCUT2D eigenvalue weighted by Gasteiger charge is 2.40. The number of fused-ring (bicyclic) bond motifs is 2. The molecule has 0 aliphatic carbocycles. The highest BCUT2D eigenvalue weighted by molar-refractivity contribution is 6.30. The molecule has 7 rings (SSSR count). The van der Waals surface area contributed by atoms with Crippen molar-refractivity contribution in [3.8, 4) is 5.75 Å². The van der Waals surface area contributed by atoms with Crippen molar-refractivity contribution in [3.63, 3.8) is 0 Å². The van der Waals surface area contributed by atoms with Crippen LogP contribution in [0.4, 0.5) is 0 Å². The molecule has 3 unspecified atom stereocenters. The van der Waals surface area contributed by atoms with E-state index in [9.17, 15) is 19.2 Å². The van der Waals surface area contributed by atoms with Gasteiger partial charge in [0.25, 0.3) is 0 Å². The number of hydrogen-bond acceptors (Lipinski definition) is 9. The minimum Gasteiger partial charge on any atom is -0.485 e. The second-order valence-corrected chi connectivity index (χ2v) is 15.2. The maximum atomic E-state index is 12.4. The van der Waals surface area contributed by atoms with Gasteiger partial charge in [0.1, 0.15) is 28.6 Å². The molecule has 0 saturated carbocycles. The number of carbonyl (C=O) groups is 3. The van der Waals surface area contributed by atoms with Crippen LogP contribution in [0.3, 0.4) is 0 Å². The predicted octanol–water partition coefficient (Wildman–Crippen LogP) is 8.55. The van der Waals surface area contributed by atoms with Gasteiger partial charge >= 0.3 is 23.5 Å². The summed E-state index contributed by atoms with van der Waals surface area (Å²) >= 11 is 6.07. The van der Waals surface area contributed by atoms with Crippen LogP contribution < -0.4 is 10.4 Å². The molecule has 5 aromatic rings. The summed E-state index contributed by atoms with van der Waals surface area (Å²) in [6.45, 7) is 7.79. The summed E-state index contributed by atoms with van der Waals surface area (Å²) in [5, 5.41) is 17.2. The normalized spacial score (nSPS) is 17.2. The second-order valence-electron chi connectivity index (χ2n) is 14.8. The third kappa shape index (κ3) is 11.7. The quantitative estimate of drug-likeness (QED) is 0.0750. The summed E-state index contributed by atoms with van der Waals surface area (Å²) in [6.07, 6.45) is 5.06. The number of nitrogens with zero attached hydrogens (tertiary/aromatic N) is 1. The SMILES string of the molecule is CC(C)(OC(=O)c1ccccc1)C1Cc2cc3ccc(=O)oc3cc2O1.CN1CCCC1CCOC(C)(c1ccccc1)c1ccc(Cl)cc1.O=C(O)C=CC(=O)O. The average Bonchev–Trinajstić information content (AvgIpc) is 3.83. The van der Waals surface area contributed by atoms with Crippen molar-refractivity contribution in [2.45, 2.75) is 69.8 Å². The lowest BCUT2D eigenvalue weighted by atomic mass is 9.88. The van der Waals surface area contributed by atoms with Crippen LogP contribution in [0, 0.1) is 0 Å². The van der Waals surface area contributed by atoms with Crippen LogP contribution in [0.5, 0.6) is 5.75 Å². The van der Waals surface area contributed by atoms with E-state index in [1.165, 1.54) is 31.0 Å². The lowest BCUT2D eigenvalue weighted by Crippen LogP contribution is -2.43. The first-order valence-electron chi connectivity index (χ1n) is 19.0. The standard InChI is InChI=1S/C21H26ClNO.C21H18O5.C4H4O4/c1-21(17-7-4-3-5-8-17,18-10-12-19(22)13-11-18)24-16-14-20-9-6-15-23(20)2;1-21(2,26-20(23)13-6-4-3-5-7-13)18-11-15-10-14-8-9-19(22)25-16(14)12-17(15)24-18;5-3(6)1-2-4(7)8/h3-5,7-8,10-13,20H,6,9,14-16H2,1-2H3;3-10,12,18H,11H2,1-2H3;1-2H,(H,5,6)(H,7,8). The van der Waals surface area contributed by atoms with E-state index in [2.05, 4.69) is 55.3 Å². The van der Waals surface area contributed by atoms with Crippen molar-refractivity contribution in [2.75, 3.05) is 20.2 Å². The summed E-state index contributed by atoms with van der Waals surface area (Å²) in [7, 11) is 2.22. The fraction of sp³-hybridized carbons (Fsp3) is 0.304. The third-order valence-corrected chi connectivity index (χ3v) is 10.5. The molecule has 58 heavy (non-hydrogen) atoms. The van der Waals surface area contributed by atoms with Crippen molar-refractivity contribution in [2.24, 2.45) is 0 Å². The molecular weight excluding hydrogens is 762 g/mol. The van der Waals surface area contributed by atoms with E-state index in [-0.39, 0.29) is 12.1 Å². The zero-order valence-electron chi connectivity index (χ0n) is 32.9. The number of carboxylic acids is 2. The number of carbonyl (C=O) groups excluding carboxylic acids is 1. The lowest BCUT2D eigenvalue weighted by molar-refractivity contribution is -0.134. The Morgan fingerprint density at radius 2 is 1.48 bits per heavy atom. The Morgan fingerprint density at radius 1 is 0.862 bits per heavy atom. The number of aliphatic carboxylic acids is 2. The Labute approximate surface area is 342 Å². The topological polar surface area (TPSA) is 153 Å². The second kappa shape index (κ2) is 19.6. The van der Waals surface area contributed by atoms with Crippen molar-refractivity contribution < 1.29 is 43.2 Å². The van der Waals surface area contributed by atoms with Gasteiger partial charge in [0.05, 0.1) is 5.56 Å². The molecule has 1 aromatic heterocycles. The number of likely N-dealkylation sites (tertiary alicyclic amines) is 1. The highest BCUT2D eigenvalue weighted by atomic mass is 35.5. The summed E-state index contributed by atoms with van der Waals surface area (Å²) < 4.78 is 23.4. The fourth-order valence-corrected chi connectivity index (χ4v) is 7.00. The molecule has 0 radical (unpaired) electrons. The van der Waals surface area contributed by atoms with Gasteiger partial charge in [-0.3, -0.25) is 0 Å². The minimum atomic E-state index is -1.26. The molecule has 1 saturated heterocycles. The Morgan fingerprint density at radius 3 is 2.09 bits per heavy atom. The fourth-order valence-electron chi connectivity index (χ4n) is 6.88. The van der Waals surface area contributed by atoms with Crippen LogP contribution in [0.2, 0.25) is 5.02 Å². The summed E-state index contributed by atoms with van der Waals surface area (Å²) in [6, 6.07) is 34.8. The zero-order chi connectivity index (χ0) is 41.9. The van der Waals surface area contributed by atoms with Crippen LogP contribution >= 0.6 is 11.6 Å². The average molecular weight is 810 g/mol. The summed E-state index contributed by atoms with van der Waals surface area (Å²) in [4.78, 5) is 45.3. The molecule has 0 bridgehead atoms. The van der Waals surface area contributed by atoms with Crippen LogP contribution in [-0.2, 0) is 31.1 Å². The Balaban J connectivity index is 0.000000187. The molecule has 3 heterocycles. The lowest BCUT2D eigenvalue weighted by Gasteiger charge is -2.32. The molecule has 3 atom stereocenters. The van der Waals surface area contributed by atoms with Crippen molar-refractivity contribution in [3.05, 3.63) is 159 Å². The molecule has 304 valence electrons. The molecule has 0 amide bonds. The molecule has 11 nitrogen and oxygen atoms in total. The molecule has 1 fully saturated rings. The molecule has 2 aliphatic heterocycles. The van der Waals surface area contributed by atoms with Gasteiger partial charge in [-0.2, -0.15) is 0 Å². The predicted molar refractivity (Wildman–Crippen MR) is 222 cm³/mol. The van der Waals surface area contributed by atoms with E-state index in [0.717, 1.165) is 34.6 Å². The molecule has 4 aromatic carbocycles. The number of rotatable bonds is 11. The Bertz CT molecular complexity index is 2240. The van der Waals surface area contributed by atoms with Crippen LogP contribution in [0.15, 0.2) is 131 Å². The number of carboxylic acid groups (broad SMARTS) is 2. The van der Waals surface area contributed by atoms with Gasteiger partial charge in [-0.15, -0.1) is 0 Å². The van der Waals surface area contributed by atoms with E-state index in [4.69, 9.17) is 40.4 Å².